The minimum Gasteiger partial charge on any atom is -0.373 e. The number of ether oxygens (including phenoxy) is 1. The van der Waals surface area contributed by atoms with E-state index in [4.69, 9.17) is 9.88 Å². The van der Waals surface area contributed by atoms with E-state index in [1.807, 2.05) is 6.07 Å². The molecule has 1 atom stereocenters. The number of nitrogens with one attached hydrogen (secondary N) is 1. The second kappa shape index (κ2) is 8.44. The fourth-order valence-corrected chi connectivity index (χ4v) is 5.24. The number of hydrogen-bond donors (Lipinski definition) is 2. The molecule has 0 aromatic heterocycles. The monoisotopic (exact) mass is 415 g/mol. The van der Waals surface area contributed by atoms with Gasteiger partial charge in [-0.25, -0.2) is 13.6 Å². The normalized spacial score (nSPS) is 19.8. The highest BCUT2D eigenvalue weighted by Gasteiger charge is 2.25. The Morgan fingerprint density at radius 2 is 2.00 bits per heavy atom. The van der Waals surface area contributed by atoms with E-state index in [1.54, 1.807) is 12.1 Å². The second-order valence-electron chi connectivity index (χ2n) is 7.90. The van der Waals surface area contributed by atoms with E-state index >= 15 is 0 Å². The zero-order chi connectivity index (χ0) is 20.4. The average molecular weight is 416 g/mol. The third kappa shape index (κ3) is 4.48. The second-order valence-corrected chi connectivity index (χ2v) is 9.43. The number of sulfonamides is 1. The smallest absolute Gasteiger partial charge is 0.240 e. The molecule has 0 amide bonds. The maximum atomic E-state index is 12.3. The van der Waals surface area contributed by atoms with Crippen molar-refractivity contribution in [2.24, 2.45) is 5.14 Å². The van der Waals surface area contributed by atoms with Crippen molar-refractivity contribution in [1.82, 2.24) is 5.32 Å². The fourth-order valence-electron chi connectivity index (χ4n) is 4.44. The minimum absolute atomic E-state index is 0.0355. The van der Waals surface area contributed by atoms with Crippen molar-refractivity contribution in [1.29, 1.82) is 0 Å². The summed E-state index contributed by atoms with van der Waals surface area (Å²) in [4.78, 5) is 2.36. The van der Waals surface area contributed by atoms with Crippen LogP contribution in [-0.2, 0) is 27.6 Å². The Morgan fingerprint density at radius 1 is 1.21 bits per heavy atom. The molecule has 7 heteroatoms. The number of anilines is 1. The number of primary sulfonamides is 1. The van der Waals surface area contributed by atoms with Crippen LogP contribution in [0.4, 0.5) is 5.69 Å². The van der Waals surface area contributed by atoms with Crippen LogP contribution in [0.3, 0.4) is 0 Å². The summed E-state index contributed by atoms with van der Waals surface area (Å²) >= 11 is 0. The molecule has 2 aromatic carbocycles. The number of piperazine rings is 1. The Kier molecular flexibility index (Phi) is 5.92. The summed E-state index contributed by atoms with van der Waals surface area (Å²) in [6, 6.07) is 12.0. The average Bonchev–Trinajstić information content (AvgIpc) is 2.71. The van der Waals surface area contributed by atoms with Crippen LogP contribution in [0, 0.1) is 6.92 Å². The van der Waals surface area contributed by atoms with Gasteiger partial charge in [0.15, 0.2) is 0 Å². The van der Waals surface area contributed by atoms with Gasteiger partial charge in [0.2, 0.25) is 10.0 Å². The summed E-state index contributed by atoms with van der Waals surface area (Å²) < 4.78 is 30.6. The van der Waals surface area contributed by atoms with Gasteiger partial charge in [0.25, 0.3) is 0 Å². The van der Waals surface area contributed by atoms with Gasteiger partial charge in [-0.05, 0) is 48.9 Å². The van der Waals surface area contributed by atoms with E-state index in [-0.39, 0.29) is 11.0 Å². The van der Waals surface area contributed by atoms with Crippen LogP contribution in [-0.4, -0.2) is 41.2 Å². The first-order chi connectivity index (χ1) is 13.9. The highest BCUT2D eigenvalue weighted by atomic mass is 32.2. The van der Waals surface area contributed by atoms with Gasteiger partial charge in [-0.2, -0.15) is 0 Å². The minimum atomic E-state index is -3.80. The van der Waals surface area contributed by atoms with Crippen LogP contribution in [0.15, 0.2) is 41.3 Å². The van der Waals surface area contributed by atoms with Gasteiger partial charge in [-0.3, -0.25) is 0 Å². The van der Waals surface area contributed by atoms with Gasteiger partial charge < -0.3 is 15.0 Å². The van der Waals surface area contributed by atoms with Crippen molar-refractivity contribution in [3.63, 3.8) is 0 Å². The summed E-state index contributed by atoms with van der Waals surface area (Å²) in [6.45, 7) is 6.03. The molecule has 29 heavy (non-hydrogen) atoms. The van der Waals surface area contributed by atoms with Gasteiger partial charge in [0.05, 0.1) is 18.4 Å². The molecule has 0 saturated carbocycles. The quantitative estimate of drug-likeness (QED) is 0.783. The molecule has 3 N–H and O–H groups in total. The number of nitrogens with zero attached hydrogens (tertiary/aromatic N) is 1. The summed E-state index contributed by atoms with van der Waals surface area (Å²) in [5.41, 5.74) is 5.67. The van der Waals surface area contributed by atoms with E-state index in [0.717, 1.165) is 63.3 Å². The fraction of sp³-hybridized carbons (Fsp3) is 0.455. The first kappa shape index (κ1) is 20.3. The predicted molar refractivity (Wildman–Crippen MR) is 115 cm³/mol. The lowest BCUT2D eigenvalue weighted by molar-refractivity contribution is 0.0368. The molecular weight excluding hydrogens is 386 g/mol. The van der Waals surface area contributed by atoms with Crippen molar-refractivity contribution < 1.29 is 13.2 Å². The van der Waals surface area contributed by atoms with E-state index in [9.17, 15) is 8.42 Å². The Bertz CT molecular complexity index is 985. The largest absolute Gasteiger partial charge is 0.373 e. The van der Waals surface area contributed by atoms with Crippen molar-refractivity contribution in [2.75, 3.05) is 37.7 Å². The maximum Gasteiger partial charge on any atom is 0.240 e. The number of aryl methyl sites for hydroxylation is 2. The van der Waals surface area contributed by atoms with Crippen molar-refractivity contribution >= 4 is 15.7 Å². The molecule has 2 aliphatic heterocycles. The third-order valence-corrected chi connectivity index (χ3v) is 6.78. The van der Waals surface area contributed by atoms with E-state index in [0.29, 0.717) is 0 Å². The summed E-state index contributed by atoms with van der Waals surface area (Å²) in [7, 11) is -3.80. The first-order valence-corrected chi connectivity index (χ1v) is 11.8. The number of para-hydroxylation sites is 1. The summed E-state index contributed by atoms with van der Waals surface area (Å²) in [5.74, 6) is 0. The topological polar surface area (TPSA) is 84.7 Å². The molecule has 1 fully saturated rings. The van der Waals surface area contributed by atoms with Gasteiger partial charge in [0.1, 0.15) is 4.90 Å². The van der Waals surface area contributed by atoms with Crippen LogP contribution in [0.1, 0.15) is 34.8 Å². The third-order valence-electron chi connectivity index (χ3n) is 5.83. The highest BCUT2D eigenvalue weighted by Crippen LogP contribution is 2.35. The molecule has 2 heterocycles. The molecule has 1 saturated heterocycles. The summed E-state index contributed by atoms with van der Waals surface area (Å²) in [6.07, 6.45) is 2.53. The molecular formula is C22H29N3O3S. The SMILES string of the molecule is Cc1ccc2c(c1)CCOC2CCc1cccc(S(N)(=O)=O)c1N1CCNCC1. The van der Waals surface area contributed by atoms with Gasteiger partial charge in [-0.15, -0.1) is 0 Å². The first-order valence-electron chi connectivity index (χ1n) is 10.2. The van der Waals surface area contributed by atoms with Crippen LogP contribution >= 0.6 is 0 Å². The molecule has 2 aliphatic rings. The zero-order valence-corrected chi connectivity index (χ0v) is 17.7. The molecule has 156 valence electrons. The van der Waals surface area contributed by atoms with E-state index in [1.165, 1.54) is 16.7 Å². The Labute approximate surface area is 173 Å². The molecule has 0 aliphatic carbocycles. The molecule has 0 bridgehead atoms. The van der Waals surface area contributed by atoms with E-state index < -0.39 is 10.0 Å². The number of fused-ring (bicyclic) bond motifs is 1. The van der Waals surface area contributed by atoms with Crippen molar-refractivity contribution in [3.8, 4) is 0 Å². The number of hydrogen-bond acceptors (Lipinski definition) is 5. The lowest BCUT2D eigenvalue weighted by atomic mass is 9.92. The predicted octanol–water partition coefficient (Wildman–Crippen LogP) is 2.30. The van der Waals surface area contributed by atoms with Crippen LogP contribution in [0.2, 0.25) is 0 Å². The maximum absolute atomic E-state index is 12.3. The lowest BCUT2D eigenvalue weighted by Gasteiger charge is -2.33. The van der Waals surface area contributed by atoms with Crippen LogP contribution < -0.4 is 15.4 Å². The molecule has 0 spiro atoms. The highest BCUT2D eigenvalue weighted by molar-refractivity contribution is 7.89. The standard InChI is InChI=1S/C22H29N3O3S/c1-16-5-7-19-18(15-16)9-14-28-20(19)8-6-17-3-2-4-21(29(23,26)27)22(17)25-12-10-24-11-13-25/h2-5,7,15,20,24H,6,8-14H2,1H3,(H2,23,26,27). The Morgan fingerprint density at radius 3 is 2.76 bits per heavy atom. The van der Waals surface area contributed by atoms with Crippen LogP contribution in [0.25, 0.3) is 0 Å². The molecule has 6 nitrogen and oxygen atoms in total. The van der Waals surface area contributed by atoms with Crippen molar-refractivity contribution in [3.05, 3.63) is 58.7 Å². The molecule has 1 unspecified atom stereocenters. The molecule has 2 aromatic rings. The Balaban J connectivity index is 1.63. The molecule has 4 rings (SSSR count). The van der Waals surface area contributed by atoms with E-state index in [2.05, 4.69) is 35.3 Å². The zero-order valence-electron chi connectivity index (χ0n) is 16.9. The van der Waals surface area contributed by atoms with Gasteiger partial charge in [0, 0.05) is 26.2 Å². The van der Waals surface area contributed by atoms with Crippen LogP contribution in [0.5, 0.6) is 0 Å². The molecule has 0 radical (unpaired) electrons. The Hall–Kier alpha value is -1.93. The number of rotatable bonds is 5. The van der Waals surface area contributed by atoms with Gasteiger partial charge >= 0.3 is 0 Å². The summed E-state index contributed by atoms with van der Waals surface area (Å²) in [5, 5.41) is 8.87. The van der Waals surface area contributed by atoms with Gasteiger partial charge in [-0.1, -0.05) is 35.9 Å². The lowest BCUT2D eigenvalue weighted by Crippen LogP contribution is -2.44. The number of nitrogens with two attached hydrogens (primary N) is 1. The van der Waals surface area contributed by atoms with Crippen molar-refractivity contribution in [2.45, 2.75) is 37.2 Å². The number of benzene rings is 2.